The summed E-state index contributed by atoms with van der Waals surface area (Å²) >= 11 is 0. The predicted molar refractivity (Wildman–Crippen MR) is 159 cm³/mol. The van der Waals surface area contributed by atoms with Crippen molar-refractivity contribution in [2.24, 2.45) is 0 Å². The lowest BCUT2D eigenvalue weighted by molar-refractivity contribution is 0.146. The van der Waals surface area contributed by atoms with Crippen LogP contribution < -0.4 is 10.1 Å². The molecule has 3 aromatic rings. The molecule has 1 aliphatic heterocycles. The van der Waals surface area contributed by atoms with E-state index in [1.165, 1.54) is 5.56 Å². The molecule has 0 amide bonds. The van der Waals surface area contributed by atoms with Crippen molar-refractivity contribution >= 4 is 11.6 Å². The summed E-state index contributed by atoms with van der Waals surface area (Å²) in [5.74, 6) is 1.37. The lowest BCUT2D eigenvalue weighted by Gasteiger charge is -2.16. The summed E-state index contributed by atoms with van der Waals surface area (Å²) in [6, 6.07) is 16.3. The van der Waals surface area contributed by atoms with Gasteiger partial charge in [-0.15, -0.1) is 0 Å². The first-order valence-electron chi connectivity index (χ1n) is 13.5. The van der Waals surface area contributed by atoms with E-state index in [1.807, 2.05) is 30.3 Å². The molecule has 2 aromatic carbocycles. The third-order valence-electron chi connectivity index (χ3n) is 6.43. The Morgan fingerprint density at radius 3 is 2.67 bits per heavy atom. The van der Waals surface area contributed by atoms with Gasteiger partial charge in [0.2, 0.25) is 5.95 Å². The number of nitrogens with zero attached hydrogens (tertiary/aromatic N) is 4. The maximum absolute atomic E-state index is 5.86. The summed E-state index contributed by atoms with van der Waals surface area (Å²) in [6.07, 6.45) is 5.97. The highest BCUT2D eigenvalue weighted by atomic mass is 16.5. The summed E-state index contributed by atoms with van der Waals surface area (Å²) in [5.41, 5.74) is 5.02. The van der Waals surface area contributed by atoms with Gasteiger partial charge in [0.15, 0.2) is 0 Å². The van der Waals surface area contributed by atoms with Crippen molar-refractivity contribution in [1.29, 1.82) is 0 Å². The lowest BCUT2D eigenvalue weighted by atomic mass is 10.1. The Hall–Kier alpha value is -3.30. The number of nitrogens with one attached hydrogen (secondary N) is 1. The van der Waals surface area contributed by atoms with Crippen LogP contribution >= 0.6 is 0 Å². The zero-order valence-corrected chi connectivity index (χ0v) is 24.0. The van der Waals surface area contributed by atoms with Gasteiger partial charge < -0.3 is 24.4 Å². The quantitative estimate of drug-likeness (QED) is 0.423. The van der Waals surface area contributed by atoms with Crippen LogP contribution in [0.4, 0.5) is 11.6 Å². The molecule has 0 saturated carbocycles. The van der Waals surface area contributed by atoms with Crippen LogP contribution in [0.1, 0.15) is 25.0 Å². The predicted octanol–water partition coefficient (Wildman–Crippen LogP) is 5.39. The number of aromatic nitrogens is 2. The van der Waals surface area contributed by atoms with Crippen LogP contribution in [0.5, 0.6) is 5.75 Å². The van der Waals surface area contributed by atoms with Gasteiger partial charge in [-0.25, -0.2) is 9.97 Å². The third kappa shape index (κ3) is 10.1. The van der Waals surface area contributed by atoms with Crippen LogP contribution in [0.15, 0.2) is 66.9 Å². The lowest BCUT2D eigenvalue weighted by Crippen LogP contribution is -2.26. The second kappa shape index (κ2) is 16.6. The molecule has 4 rings (SSSR count). The van der Waals surface area contributed by atoms with Gasteiger partial charge in [0, 0.05) is 49.8 Å². The standard InChI is InChI=1S/C24H26N4O2.C7H17NO/c1-28-12-3-4-13-30-17-20-15-19(8-9-23(20)29-2)22-10-11-25-24(27-22)26-21-7-5-6-18(14-21)16-28;1-4-8(5-2)6-7-9-3/h3-11,14-15H,12-13,16-17H2,1-2H3,(H,25,26,27);4-7H2,1-3H3/b4-3+;. The molecule has 1 aromatic heterocycles. The maximum Gasteiger partial charge on any atom is 0.227 e. The van der Waals surface area contributed by atoms with Crippen LogP contribution in [-0.4, -0.2) is 80.4 Å². The van der Waals surface area contributed by atoms with Crippen molar-refractivity contribution < 1.29 is 14.2 Å². The molecule has 210 valence electrons. The van der Waals surface area contributed by atoms with Gasteiger partial charge in [0.25, 0.3) is 0 Å². The van der Waals surface area contributed by atoms with E-state index in [4.69, 9.17) is 19.2 Å². The highest BCUT2D eigenvalue weighted by molar-refractivity contribution is 5.64. The van der Waals surface area contributed by atoms with Crippen molar-refractivity contribution in [2.45, 2.75) is 27.0 Å². The van der Waals surface area contributed by atoms with E-state index in [9.17, 15) is 0 Å². The molecule has 1 N–H and O–H groups in total. The second-order valence-electron chi connectivity index (χ2n) is 9.32. The molecule has 0 atom stereocenters. The van der Waals surface area contributed by atoms with E-state index in [1.54, 1.807) is 20.4 Å². The highest BCUT2D eigenvalue weighted by Crippen LogP contribution is 2.27. The van der Waals surface area contributed by atoms with Crippen LogP contribution in [0.2, 0.25) is 0 Å². The fraction of sp³-hybridized carbons (Fsp3) is 0.419. The van der Waals surface area contributed by atoms with Gasteiger partial charge >= 0.3 is 0 Å². The number of fused-ring (bicyclic) bond motifs is 7. The Bertz CT molecular complexity index is 1170. The number of hydrogen-bond donors (Lipinski definition) is 1. The minimum atomic E-state index is 0.470. The summed E-state index contributed by atoms with van der Waals surface area (Å²) in [4.78, 5) is 13.7. The molecule has 0 fully saturated rings. The molecule has 2 heterocycles. The average molecular weight is 534 g/mol. The molecule has 0 saturated heterocycles. The zero-order valence-electron chi connectivity index (χ0n) is 24.0. The number of ether oxygens (including phenoxy) is 3. The monoisotopic (exact) mass is 533 g/mol. The molecule has 8 nitrogen and oxygen atoms in total. The zero-order chi connectivity index (χ0) is 27.9. The fourth-order valence-electron chi connectivity index (χ4n) is 4.20. The number of methoxy groups -OCH3 is 2. The van der Waals surface area contributed by atoms with Gasteiger partial charge in [-0.1, -0.05) is 38.1 Å². The smallest absolute Gasteiger partial charge is 0.227 e. The van der Waals surface area contributed by atoms with Gasteiger partial charge in [-0.05, 0) is 62.1 Å². The van der Waals surface area contributed by atoms with Gasteiger partial charge in [-0.2, -0.15) is 0 Å². The van der Waals surface area contributed by atoms with Crippen LogP contribution in [0.3, 0.4) is 0 Å². The molecule has 0 radical (unpaired) electrons. The fourth-order valence-corrected chi connectivity index (χ4v) is 4.20. The minimum absolute atomic E-state index is 0.470. The van der Waals surface area contributed by atoms with E-state index >= 15 is 0 Å². The topological polar surface area (TPSA) is 72.0 Å². The normalized spacial score (nSPS) is 14.8. The maximum atomic E-state index is 5.86. The first-order chi connectivity index (χ1) is 19.1. The first kappa shape index (κ1) is 30.2. The largest absolute Gasteiger partial charge is 0.496 e. The van der Waals surface area contributed by atoms with Crippen LogP contribution in [0, 0.1) is 0 Å². The molecule has 6 bridgehead atoms. The minimum Gasteiger partial charge on any atom is -0.496 e. The van der Waals surface area contributed by atoms with Crippen molar-refractivity contribution in [3.8, 4) is 17.0 Å². The summed E-state index contributed by atoms with van der Waals surface area (Å²) in [7, 11) is 5.52. The Morgan fingerprint density at radius 1 is 1.05 bits per heavy atom. The van der Waals surface area contributed by atoms with Crippen molar-refractivity contribution in [3.63, 3.8) is 0 Å². The molecular formula is C31H43N5O3. The number of anilines is 2. The van der Waals surface area contributed by atoms with E-state index in [-0.39, 0.29) is 0 Å². The van der Waals surface area contributed by atoms with Gasteiger partial charge in [-0.3, -0.25) is 4.90 Å². The number of benzene rings is 2. The Kier molecular flexibility index (Phi) is 12.9. The number of rotatable bonds is 6. The third-order valence-corrected chi connectivity index (χ3v) is 6.43. The summed E-state index contributed by atoms with van der Waals surface area (Å²) in [6.45, 7) is 11.2. The molecule has 8 heteroatoms. The second-order valence-corrected chi connectivity index (χ2v) is 9.32. The van der Waals surface area contributed by atoms with E-state index in [0.717, 1.165) is 67.6 Å². The molecule has 39 heavy (non-hydrogen) atoms. The van der Waals surface area contributed by atoms with E-state index in [0.29, 0.717) is 19.2 Å². The Morgan fingerprint density at radius 2 is 1.90 bits per heavy atom. The summed E-state index contributed by atoms with van der Waals surface area (Å²) < 4.78 is 16.3. The SMILES string of the molecule is CCN(CC)CCOC.COc1ccc2cc1COC/C=C/CN(C)Cc1cccc(c1)Nc1nccc-2n1. The van der Waals surface area contributed by atoms with E-state index in [2.05, 4.69) is 71.3 Å². The van der Waals surface area contributed by atoms with Crippen molar-refractivity contribution in [3.05, 3.63) is 78.0 Å². The van der Waals surface area contributed by atoms with Crippen LogP contribution in [-0.2, 0) is 22.6 Å². The Labute approximate surface area is 233 Å². The molecular weight excluding hydrogens is 490 g/mol. The van der Waals surface area contributed by atoms with Gasteiger partial charge in [0.05, 0.1) is 32.6 Å². The van der Waals surface area contributed by atoms with Gasteiger partial charge in [0.1, 0.15) is 5.75 Å². The Balaban J connectivity index is 0.000000403. The molecule has 0 aliphatic carbocycles. The number of likely N-dealkylation sites (N-methyl/N-ethyl adjacent to an activating group) is 2. The molecule has 0 spiro atoms. The summed E-state index contributed by atoms with van der Waals surface area (Å²) in [5, 5.41) is 3.33. The molecule has 1 aliphatic rings. The van der Waals surface area contributed by atoms with Crippen LogP contribution in [0.25, 0.3) is 11.3 Å². The highest BCUT2D eigenvalue weighted by Gasteiger charge is 2.09. The van der Waals surface area contributed by atoms with Crippen molar-refractivity contribution in [2.75, 3.05) is 66.0 Å². The first-order valence-corrected chi connectivity index (χ1v) is 13.5. The molecule has 0 unspecified atom stereocenters. The van der Waals surface area contributed by atoms with Crippen molar-refractivity contribution in [1.82, 2.24) is 19.8 Å². The number of hydrogen-bond acceptors (Lipinski definition) is 8. The van der Waals surface area contributed by atoms with E-state index < -0.39 is 0 Å². The average Bonchev–Trinajstić information content (AvgIpc) is 2.95.